The zero-order valence-electron chi connectivity index (χ0n) is 16.5. The summed E-state index contributed by atoms with van der Waals surface area (Å²) in [7, 11) is 1.60. The molecule has 0 bridgehead atoms. The number of amides is 2. The lowest BCUT2D eigenvalue weighted by atomic mass is 9.99. The van der Waals surface area contributed by atoms with E-state index in [-0.39, 0.29) is 24.3 Å². The van der Waals surface area contributed by atoms with Crippen LogP contribution in [0.5, 0.6) is 11.5 Å². The van der Waals surface area contributed by atoms with Gasteiger partial charge < -0.3 is 19.7 Å². The molecule has 2 aromatic carbocycles. The number of hydrogen-bond acceptors (Lipinski definition) is 4. The molecule has 1 aliphatic rings. The van der Waals surface area contributed by atoms with E-state index >= 15 is 0 Å². The molecular weight excluding hydrogens is 356 g/mol. The van der Waals surface area contributed by atoms with Crippen molar-refractivity contribution >= 4 is 23.2 Å². The summed E-state index contributed by atoms with van der Waals surface area (Å²) in [5.41, 5.74) is 2.73. The molecule has 148 valence electrons. The molecule has 1 N–H and O–H groups in total. The summed E-state index contributed by atoms with van der Waals surface area (Å²) in [6, 6.07) is 12.8. The van der Waals surface area contributed by atoms with Gasteiger partial charge in [0.2, 0.25) is 5.91 Å². The number of fused-ring (bicyclic) bond motifs is 1. The number of benzene rings is 2. The number of carbonyl (C=O) groups is 2. The van der Waals surface area contributed by atoms with Crippen LogP contribution in [0.15, 0.2) is 42.5 Å². The number of hydrogen-bond donors (Lipinski definition) is 1. The van der Waals surface area contributed by atoms with E-state index in [4.69, 9.17) is 9.47 Å². The van der Waals surface area contributed by atoms with Crippen molar-refractivity contribution < 1.29 is 19.1 Å². The van der Waals surface area contributed by atoms with E-state index in [1.165, 1.54) is 0 Å². The molecule has 28 heavy (non-hydrogen) atoms. The highest BCUT2D eigenvalue weighted by Crippen LogP contribution is 2.30. The first-order chi connectivity index (χ1) is 13.5. The lowest BCUT2D eigenvalue weighted by molar-refractivity contribution is -0.121. The van der Waals surface area contributed by atoms with Gasteiger partial charge in [0.15, 0.2) is 6.61 Å². The summed E-state index contributed by atoms with van der Waals surface area (Å²) in [6.45, 7) is 4.48. The number of ether oxygens (including phenoxy) is 2. The Morgan fingerprint density at radius 3 is 2.50 bits per heavy atom. The monoisotopic (exact) mass is 382 g/mol. The average molecular weight is 382 g/mol. The van der Waals surface area contributed by atoms with E-state index < -0.39 is 0 Å². The van der Waals surface area contributed by atoms with Crippen LogP contribution in [0.3, 0.4) is 0 Å². The third-order valence-corrected chi connectivity index (χ3v) is 4.67. The van der Waals surface area contributed by atoms with Gasteiger partial charge in [0.05, 0.1) is 7.11 Å². The number of nitrogens with zero attached hydrogens (tertiary/aromatic N) is 1. The van der Waals surface area contributed by atoms with Crippen molar-refractivity contribution in [3.05, 3.63) is 48.0 Å². The van der Waals surface area contributed by atoms with Gasteiger partial charge >= 0.3 is 0 Å². The minimum Gasteiger partial charge on any atom is -0.497 e. The predicted octanol–water partition coefficient (Wildman–Crippen LogP) is 3.65. The van der Waals surface area contributed by atoms with Gasteiger partial charge in [0.1, 0.15) is 11.5 Å². The van der Waals surface area contributed by atoms with Gasteiger partial charge in [-0.1, -0.05) is 13.8 Å². The highest BCUT2D eigenvalue weighted by atomic mass is 16.5. The van der Waals surface area contributed by atoms with Crippen molar-refractivity contribution in [1.82, 2.24) is 0 Å². The van der Waals surface area contributed by atoms with E-state index in [9.17, 15) is 9.59 Å². The SMILES string of the molecule is COc1ccc(OCC(=O)Nc2ccc3c(c2)CCCN3C(=O)C(C)C)cc1. The Balaban J connectivity index is 1.61. The fourth-order valence-electron chi connectivity index (χ4n) is 3.23. The summed E-state index contributed by atoms with van der Waals surface area (Å²) in [4.78, 5) is 26.5. The predicted molar refractivity (Wildman–Crippen MR) is 109 cm³/mol. The molecule has 0 saturated heterocycles. The topological polar surface area (TPSA) is 67.9 Å². The maximum Gasteiger partial charge on any atom is 0.262 e. The molecule has 0 aliphatic carbocycles. The molecule has 0 spiro atoms. The van der Waals surface area contributed by atoms with Gasteiger partial charge in [-0.25, -0.2) is 0 Å². The van der Waals surface area contributed by atoms with Crippen LogP contribution in [0.25, 0.3) is 0 Å². The number of methoxy groups -OCH3 is 1. The van der Waals surface area contributed by atoms with Crippen LogP contribution in [0.4, 0.5) is 11.4 Å². The maximum absolute atomic E-state index is 12.4. The quantitative estimate of drug-likeness (QED) is 0.828. The molecule has 6 nitrogen and oxygen atoms in total. The summed E-state index contributed by atoms with van der Waals surface area (Å²) in [5.74, 6) is 1.19. The Kier molecular flexibility index (Phi) is 6.19. The number of nitrogens with one attached hydrogen (secondary N) is 1. The highest BCUT2D eigenvalue weighted by Gasteiger charge is 2.24. The molecule has 0 aromatic heterocycles. The summed E-state index contributed by atoms with van der Waals surface area (Å²) in [5, 5.41) is 2.86. The van der Waals surface area contributed by atoms with E-state index in [0.717, 1.165) is 36.4 Å². The van der Waals surface area contributed by atoms with Crippen LogP contribution < -0.4 is 19.7 Å². The first-order valence-electron chi connectivity index (χ1n) is 9.49. The summed E-state index contributed by atoms with van der Waals surface area (Å²) in [6.07, 6.45) is 1.81. The third-order valence-electron chi connectivity index (χ3n) is 4.67. The molecule has 2 aromatic rings. The van der Waals surface area contributed by atoms with E-state index in [1.807, 2.05) is 36.9 Å². The largest absolute Gasteiger partial charge is 0.497 e. The Labute approximate surface area is 165 Å². The van der Waals surface area contributed by atoms with Crippen molar-refractivity contribution in [3.63, 3.8) is 0 Å². The molecule has 0 radical (unpaired) electrons. The second-order valence-corrected chi connectivity index (χ2v) is 7.10. The van der Waals surface area contributed by atoms with Gasteiger partial charge in [-0.05, 0) is 60.9 Å². The average Bonchev–Trinajstić information content (AvgIpc) is 2.71. The highest BCUT2D eigenvalue weighted by molar-refractivity contribution is 5.97. The summed E-state index contributed by atoms with van der Waals surface area (Å²) >= 11 is 0. The van der Waals surface area contributed by atoms with Gasteiger partial charge in [-0.15, -0.1) is 0 Å². The molecule has 1 heterocycles. The zero-order chi connectivity index (χ0) is 20.1. The van der Waals surface area contributed by atoms with Crippen molar-refractivity contribution in [2.45, 2.75) is 26.7 Å². The maximum atomic E-state index is 12.4. The number of rotatable bonds is 6. The van der Waals surface area contributed by atoms with Crippen molar-refractivity contribution in [2.75, 3.05) is 30.5 Å². The Morgan fingerprint density at radius 2 is 1.82 bits per heavy atom. The van der Waals surface area contributed by atoms with E-state index in [1.54, 1.807) is 31.4 Å². The number of aryl methyl sites for hydroxylation is 1. The zero-order valence-corrected chi connectivity index (χ0v) is 16.5. The van der Waals surface area contributed by atoms with Gasteiger partial charge in [-0.3, -0.25) is 9.59 Å². The Hall–Kier alpha value is -3.02. The first kappa shape index (κ1) is 19.7. The lowest BCUT2D eigenvalue weighted by Crippen LogP contribution is -2.38. The molecule has 2 amide bonds. The van der Waals surface area contributed by atoms with Crippen LogP contribution in [-0.2, 0) is 16.0 Å². The fraction of sp³-hybridized carbons (Fsp3) is 0.364. The van der Waals surface area contributed by atoms with E-state index in [0.29, 0.717) is 11.4 Å². The second-order valence-electron chi connectivity index (χ2n) is 7.10. The van der Waals surface area contributed by atoms with Crippen molar-refractivity contribution in [3.8, 4) is 11.5 Å². The number of carbonyl (C=O) groups excluding carboxylic acids is 2. The van der Waals surface area contributed by atoms with Gasteiger partial charge in [0, 0.05) is 23.8 Å². The van der Waals surface area contributed by atoms with Crippen LogP contribution in [-0.4, -0.2) is 32.1 Å². The van der Waals surface area contributed by atoms with Crippen molar-refractivity contribution in [2.24, 2.45) is 5.92 Å². The first-order valence-corrected chi connectivity index (χ1v) is 9.49. The Morgan fingerprint density at radius 1 is 1.11 bits per heavy atom. The lowest BCUT2D eigenvalue weighted by Gasteiger charge is -2.31. The molecule has 0 saturated carbocycles. The summed E-state index contributed by atoms with van der Waals surface area (Å²) < 4.78 is 10.6. The normalized spacial score (nSPS) is 13.1. The molecule has 3 rings (SSSR count). The van der Waals surface area contributed by atoms with Gasteiger partial charge in [0.25, 0.3) is 5.91 Å². The number of anilines is 2. The molecular formula is C22H26N2O4. The van der Waals surface area contributed by atoms with Gasteiger partial charge in [-0.2, -0.15) is 0 Å². The molecule has 6 heteroatoms. The minimum atomic E-state index is -0.235. The molecule has 0 atom stereocenters. The third kappa shape index (κ3) is 4.63. The fourth-order valence-corrected chi connectivity index (χ4v) is 3.23. The Bertz CT molecular complexity index is 846. The second kappa shape index (κ2) is 8.78. The van der Waals surface area contributed by atoms with Crippen LogP contribution in [0, 0.1) is 5.92 Å². The minimum absolute atomic E-state index is 0.0413. The molecule has 0 unspecified atom stereocenters. The smallest absolute Gasteiger partial charge is 0.262 e. The van der Waals surface area contributed by atoms with Crippen LogP contribution >= 0.6 is 0 Å². The van der Waals surface area contributed by atoms with Crippen LogP contribution in [0.1, 0.15) is 25.8 Å². The van der Waals surface area contributed by atoms with E-state index in [2.05, 4.69) is 5.32 Å². The molecule has 0 fully saturated rings. The molecule has 1 aliphatic heterocycles. The van der Waals surface area contributed by atoms with Crippen LogP contribution in [0.2, 0.25) is 0 Å². The standard InChI is InChI=1S/C22H26N2O4/c1-15(2)22(26)24-12-4-5-16-13-17(6-11-20(16)24)23-21(25)14-28-19-9-7-18(27-3)8-10-19/h6-11,13,15H,4-5,12,14H2,1-3H3,(H,23,25). The van der Waals surface area contributed by atoms with Crippen molar-refractivity contribution in [1.29, 1.82) is 0 Å².